The lowest BCUT2D eigenvalue weighted by Gasteiger charge is -2.19. The summed E-state index contributed by atoms with van der Waals surface area (Å²) >= 11 is 0. The van der Waals surface area contributed by atoms with Crippen molar-refractivity contribution in [3.05, 3.63) is 58.9 Å². The van der Waals surface area contributed by atoms with E-state index < -0.39 is 11.7 Å². The lowest BCUT2D eigenvalue weighted by molar-refractivity contribution is -0.128. The van der Waals surface area contributed by atoms with Gasteiger partial charge in [0.1, 0.15) is 5.75 Å². The molecule has 30 heavy (non-hydrogen) atoms. The van der Waals surface area contributed by atoms with Crippen LogP contribution in [0.25, 0.3) is 0 Å². The topological polar surface area (TPSA) is 102 Å². The summed E-state index contributed by atoms with van der Waals surface area (Å²) in [7, 11) is 0. The van der Waals surface area contributed by atoms with Crippen LogP contribution in [0, 0.1) is 5.82 Å². The molecule has 7 nitrogen and oxygen atoms in total. The van der Waals surface area contributed by atoms with Gasteiger partial charge in [0.25, 0.3) is 11.8 Å². The van der Waals surface area contributed by atoms with Gasteiger partial charge in [0, 0.05) is 36.7 Å². The van der Waals surface area contributed by atoms with Crippen molar-refractivity contribution in [2.45, 2.75) is 38.3 Å². The number of primary amides is 1. The normalized spacial score (nSPS) is 15.9. The highest BCUT2D eigenvalue weighted by Crippen LogP contribution is 2.32. The fourth-order valence-corrected chi connectivity index (χ4v) is 3.39. The number of nitrogens with two attached hydrogens (primary N) is 1. The summed E-state index contributed by atoms with van der Waals surface area (Å²) < 4.78 is 20.8. The van der Waals surface area contributed by atoms with Crippen LogP contribution >= 0.6 is 0 Å². The predicted molar refractivity (Wildman–Crippen MR) is 107 cm³/mol. The van der Waals surface area contributed by atoms with Crippen molar-refractivity contribution in [2.24, 2.45) is 5.73 Å². The Morgan fingerprint density at radius 1 is 1.17 bits per heavy atom. The quantitative estimate of drug-likeness (QED) is 0.731. The van der Waals surface area contributed by atoms with Crippen LogP contribution in [0.15, 0.2) is 36.4 Å². The number of carbonyl (C=O) groups excluding carboxylic acids is 3. The van der Waals surface area contributed by atoms with Gasteiger partial charge in [-0.3, -0.25) is 14.4 Å². The van der Waals surface area contributed by atoms with Crippen LogP contribution in [-0.2, 0) is 11.3 Å². The highest BCUT2D eigenvalue weighted by atomic mass is 19.1. The molecule has 1 aliphatic heterocycles. The van der Waals surface area contributed by atoms with Crippen molar-refractivity contribution >= 4 is 17.7 Å². The van der Waals surface area contributed by atoms with Gasteiger partial charge in [-0.25, -0.2) is 4.39 Å². The average Bonchev–Trinajstić information content (AvgIpc) is 3.45. The maximum atomic E-state index is 15.0. The number of likely N-dealkylation sites (tertiary alicyclic amines) is 1. The lowest BCUT2D eigenvalue weighted by atomic mass is 10.1. The average molecular weight is 411 g/mol. The molecule has 1 aliphatic carbocycles. The monoisotopic (exact) mass is 411 g/mol. The van der Waals surface area contributed by atoms with E-state index in [0.29, 0.717) is 29.8 Å². The number of benzene rings is 2. The SMILES string of the molecule is NC(=O)c1ccc(CN2CCCC2=O)c(Oc2ccc(C(=O)NC3CC3)cc2)c1F. The molecule has 0 unspecified atom stereocenters. The summed E-state index contributed by atoms with van der Waals surface area (Å²) in [5.74, 6) is -1.81. The first-order valence-corrected chi connectivity index (χ1v) is 9.90. The summed E-state index contributed by atoms with van der Waals surface area (Å²) in [5, 5.41) is 2.89. The van der Waals surface area contributed by atoms with Crippen LogP contribution in [0.3, 0.4) is 0 Å². The molecule has 0 radical (unpaired) electrons. The first kappa shape index (κ1) is 19.9. The third kappa shape index (κ3) is 4.27. The number of hydrogen-bond acceptors (Lipinski definition) is 4. The molecule has 2 aromatic carbocycles. The van der Waals surface area contributed by atoms with Gasteiger partial charge in [0.2, 0.25) is 5.91 Å². The Balaban J connectivity index is 1.59. The summed E-state index contributed by atoms with van der Waals surface area (Å²) in [5.41, 5.74) is 5.89. The number of hydrogen-bond donors (Lipinski definition) is 2. The van der Waals surface area contributed by atoms with Gasteiger partial charge in [-0.2, -0.15) is 0 Å². The molecule has 4 rings (SSSR count). The molecule has 0 spiro atoms. The van der Waals surface area contributed by atoms with Crippen LogP contribution in [0.5, 0.6) is 11.5 Å². The van der Waals surface area contributed by atoms with Crippen molar-refractivity contribution in [2.75, 3.05) is 6.54 Å². The predicted octanol–water partition coefficient (Wildman–Crippen LogP) is 2.73. The number of rotatable bonds is 7. The first-order chi connectivity index (χ1) is 14.4. The molecule has 0 atom stereocenters. The van der Waals surface area contributed by atoms with Gasteiger partial charge >= 0.3 is 0 Å². The van der Waals surface area contributed by atoms with E-state index in [1.54, 1.807) is 35.2 Å². The summed E-state index contributed by atoms with van der Waals surface area (Å²) in [4.78, 5) is 37.3. The fourth-order valence-electron chi connectivity index (χ4n) is 3.39. The minimum atomic E-state index is -0.909. The Kier molecular flexibility index (Phi) is 5.39. The van der Waals surface area contributed by atoms with E-state index in [1.165, 1.54) is 6.07 Å². The zero-order valence-corrected chi connectivity index (χ0v) is 16.3. The molecule has 156 valence electrons. The van der Waals surface area contributed by atoms with Crippen molar-refractivity contribution in [1.82, 2.24) is 10.2 Å². The highest BCUT2D eigenvalue weighted by Gasteiger charge is 2.26. The number of nitrogens with zero attached hydrogens (tertiary/aromatic N) is 1. The number of amides is 3. The molecule has 2 aromatic rings. The number of carbonyl (C=O) groups is 3. The lowest BCUT2D eigenvalue weighted by Crippen LogP contribution is -2.25. The molecule has 3 amide bonds. The molecule has 3 N–H and O–H groups in total. The third-order valence-electron chi connectivity index (χ3n) is 5.23. The van der Waals surface area contributed by atoms with E-state index in [-0.39, 0.29) is 35.7 Å². The van der Waals surface area contributed by atoms with E-state index in [0.717, 1.165) is 19.3 Å². The Morgan fingerprint density at radius 2 is 1.90 bits per heavy atom. The third-order valence-corrected chi connectivity index (χ3v) is 5.23. The second-order valence-electron chi connectivity index (χ2n) is 7.57. The van der Waals surface area contributed by atoms with E-state index in [1.807, 2.05) is 0 Å². The molecule has 1 saturated heterocycles. The molecular formula is C22H22FN3O4. The number of halogens is 1. The molecule has 1 heterocycles. The van der Waals surface area contributed by atoms with E-state index in [4.69, 9.17) is 10.5 Å². The molecule has 1 saturated carbocycles. The second-order valence-corrected chi connectivity index (χ2v) is 7.57. The largest absolute Gasteiger partial charge is 0.454 e. The minimum Gasteiger partial charge on any atom is -0.454 e. The van der Waals surface area contributed by atoms with Gasteiger partial charge < -0.3 is 20.7 Å². The highest BCUT2D eigenvalue weighted by molar-refractivity contribution is 5.95. The Hall–Kier alpha value is -3.42. The number of ether oxygens (including phenoxy) is 1. The Labute approximate surface area is 173 Å². The molecule has 0 aromatic heterocycles. The van der Waals surface area contributed by atoms with Crippen LogP contribution in [-0.4, -0.2) is 35.2 Å². The van der Waals surface area contributed by atoms with Crippen LogP contribution in [0.2, 0.25) is 0 Å². The van der Waals surface area contributed by atoms with Crippen molar-refractivity contribution in [1.29, 1.82) is 0 Å². The van der Waals surface area contributed by atoms with Gasteiger partial charge in [-0.05, 0) is 49.6 Å². The van der Waals surface area contributed by atoms with E-state index >= 15 is 4.39 Å². The van der Waals surface area contributed by atoms with Gasteiger partial charge in [0.05, 0.1) is 5.56 Å². The summed E-state index contributed by atoms with van der Waals surface area (Å²) in [6.07, 6.45) is 3.19. The zero-order valence-electron chi connectivity index (χ0n) is 16.3. The zero-order chi connectivity index (χ0) is 21.3. The van der Waals surface area contributed by atoms with E-state index in [9.17, 15) is 14.4 Å². The smallest absolute Gasteiger partial charge is 0.251 e. The van der Waals surface area contributed by atoms with Gasteiger partial charge in [-0.1, -0.05) is 6.07 Å². The first-order valence-electron chi connectivity index (χ1n) is 9.90. The van der Waals surface area contributed by atoms with Crippen molar-refractivity contribution in [3.8, 4) is 11.5 Å². The van der Waals surface area contributed by atoms with Crippen LogP contribution < -0.4 is 15.8 Å². The molecular weight excluding hydrogens is 389 g/mol. The van der Waals surface area contributed by atoms with Crippen molar-refractivity contribution < 1.29 is 23.5 Å². The summed E-state index contributed by atoms with van der Waals surface area (Å²) in [6, 6.07) is 9.38. The maximum Gasteiger partial charge on any atom is 0.251 e. The molecule has 2 aliphatic rings. The maximum absolute atomic E-state index is 15.0. The minimum absolute atomic E-state index is 0.00800. The van der Waals surface area contributed by atoms with Crippen LogP contribution in [0.1, 0.15) is 52.0 Å². The molecule has 0 bridgehead atoms. The van der Waals surface area contributed by atoms with Gasteiger partial charge in [0.15, 0.2) is 11.6 Å². The standard InChI is InChI=1S/C22H22FN3O4/c23-19-17(21(24)28)10-5-14(12-26-11-1-2-18(26)27)20(19)30-16-8-3-13(4-9-16)22(29)25-15-6-7-15/h3-5,8-10,15H,1-2,6-7,11-12H2,(H2,24,28)(H,25,29). The van der Waals surface area contributed by atoms with Gasteiger partial charge in [-0.15, -0.1) is 0 Å². The fraction of sp³-hybridized carbons (Fsp3) is 0.318. The summed E-state index contributed by atoms with van der Waals surface area (Å²) in [6.45, 7) is 0.758. The molecule has 2 fully saturated rings. The van der Waals surface area contributed by atoms with Crippen LogP contribution in [0.4, 0.5) is 4.39 Å². The van der Waals surface area contributed by atoms with Crippen molar-refractivity contribution in [3.63, 3.8) is 0 Å². The Bertz CT molecular complexity index is 1000. The number of nitrogens with one attached hydrogen (secondary N) is 1. The van der Waals surface area contributed by atoms with E-state index in [2.05, 4.69) is 5.32 Å². The second kappa shape index (κ2) is 8.14. The Morgan fingerprint density at radius 3 is 2.50 bits per heavy atom. The molecule has 8 heteroatoms.